The molecule has 0 aliphatic carbocycles. The summed E-state index contributed by atoms with van der Waals surface area (Å²) in [6, 6.07) is 6.22. The Kier molecular flexibility index (Phi) is 4.02. The number of benzene rings is 1. The van der Waals surface area contributed by atoms with E-state index in [0.717, 1.165) is 0 Å². The van der Waals surface area contributed by atoms with Crippen LogP contribution in [0.3, 0.4) is 0 Å². The molecule has 0 heterocycles. The van der Waals surface area contributed by atoms with E-state index in [1.807, 2.05) is 0 Å². The van der Waals surface area contributed by atoms with Gasteiger partial charge in [0.05, 0.1) is 12.1 Å². The Morgan fingerprint density at radius 2 is 2.06 bits per heavy atom. The van der Waals surface area contributed by atoms with Crippen LogP contribution in [-0.2, 0) is 4.79 Å². The standard InChI is InChI=1S/C10H11N3O3/c11-13-8(5-10(15)16)6-12-7-1-3-9(14)4-2-7/h1-4,6,11-12,14H,5H2,(H,15,16)/b8-6-,13-11?. The second-order valence-electron chi connectivity index (χ2n) is 3.01. The van der Waals surface area contributed by atoms with Gasteiger partial charge in [-0.3, -0.25) is 4.79 Å². The fourth-order valence-corrected chi connectivity index (χ4v) is 1.00. The van der Waals surface area contributed by atoms with Crippen molar-refractivity contribution >= 4 is 11.7 Å². The minimum Gasteiger partial charge on any atom is -0.508 e. The van der Waals surface area contributed by atoms with E-state index < -0.39 is 5.97 Å². The van der Waals surface area contributed by atoms with Gasteiger partial charge in [-0.15, -0.1) is 0 Å². The maximum absolute atomic E-state index is 10.4. The minimum atomic E-state index is -1.05. The van der Waals surface area contributed by atoms with Crippen LogP contribution in [0.4, 0.5) is 5.69 Å². The Labute approximate surface area is 91.7 Å². The predicted molar refractivity (Wildman–Crippen MR) is 57.2 cm³/mol. The lowest BCUT2D eigenvalue weighted by Crippen LogP contribution is -1.98. The molecule has 4 N–H and O–H groups in total. The monoisotopic (exact) mass is 221 g/mol. The molecule has 6 nitrogen and oxygen atoms in total. The van der Waals surface area contributed by atoms with Gasteiger partial charge in [0.1, 0.15) is 5.75 Å². The number of carboxylic acids is 1. The van der Waals surface area contributed by atoms with Gasteiger partial charge >= 0.3 is 5.97 Å². The van der Waals surface area contributed by atoms with Crippen LogP contribution in [0.5, 0.6) is 5.75 Å². The maximum atomic E-state index is 10.4. The molecule has 0 atom stereocenters. The summed E-state index contributed by atoms with van der Waals surface area (Å²) >= 11 is 0. The summed E-state index contributed by atoms with van der Waals surface area (Å²) in [4.78, 5) is 10.4. The van der Waals surface area contributed by atoms with Crippen molar-refractivity contribution in [2.45, 2.75) is 6.42 Å². The second-order valence-corrected chi connectivity index (χ2v) is 3.01. The van der Waals surface area contributed by atoms with Crippen molar-refractivity contribution in [1.29, 1.82) is 5.53 Å². The molecule has 0 spiro atoms. The van der Waals surface area contributed by atoms with Gasteiger partial charge in [-0.25, -0.2) is 5.53 Å². The Morgan fingerprint density at radius 1 is 1.44 bits per heavy atom. The van der Waals surface area contributed by atoms with Crippen molar-refractivity contribution in [2.75, 3.05) is 5.32 Å². The van der Waals surface area contributed by atoms with Crippen LogP contribution in [0.1, 0.15) is 6.42 Å². The van der Waals surface area contributed by atoms with Crippen molar-refractivity contribution in [1.82, 2.24) is 0 Å². The molecule has 0 aliphatic rings. The third-order valence-electron chi connectivity index (χ3n) is 1.75. The largest absolute Gasteiger partial charge is 0.508 e. The SMILES string of the molecule is N=N/C(=C\Nc1ccc(O)cc1)CC(=O)O. The second kappa shape index (κ2) is 5.50. The van der Waals surface area contributed by atoms with Crippen LogP contribution < -0.4 is 5.32 Å². The van der Waals surface area contributed by atoms with Crippen LogP contribution >= 0.6 is 0 Å². The van der Waals surface area contributed by atoms with E-state index in [9.17, 15) is 4.79 Å². The number of anilines is 1. The Bertz CT molecular complexity index is 412. The molecule has 0 fully saturated rings. The highest BCUT2D eigenvalue weighted by molar-refractivity contribution is 5.70. The van der Waals surface area contributed by atoms with Gasteiger partial charge in [0, 0.05) is 11.9 Å². The molecule has 1 rings (SSSR count). The number of aliphatic carboxylic acids is 1. The number of rotatable bonds is 5. The summed E-state index contributed by atoms with van der Waals surface area (Å²) in [6.07, 6.45) is 1.03. The summed E-state index contributed by atoms with van der Waals surface area (Å²) in [5, 5.41) is 23.4. The molecule has 0 aromatic heterocycles. The van der Waals surface area contributed by atoms with Gasteiger partial charge in [-0.1, -0.05) is 0 Å². The lowest BCUT2D eigenvalue weighted by molar-refractivity contribution is -0.136. The lowest BCUT2D eigenvalue weighted by Gasteiger charge is -2.01. The number of nitrogens with zero attached hydrogens (tertiary/aromatic N) is 1. The number of hydrogen-bond acceptors (Lipinski definition) is 5. The van der Waals surface area contributed by atoms with Crippen molar-refractivity contribution in [3.8, 4) is 5.75 Å². The van der Waals surface area contributed by atoms with Crippen molar-refractivity contribution < 1.29 is 15.0 Å². The third-order valence-corrected chi connectivity index (χ3v) is 1.75. The average molecular weight is 221 g/mol. The smallest absolute Gasteiger partial charge is 0.309 e. The molecule has 0 unspecified atom stereocenters. The number of nitrogens with one attached hydrogen (secondary N) is 2. The molecule has 1 aromatic rings. The lowest BCUT2D eigenvalue weighted by atomic mass is 10.3. The predicted octanol–water partition coefficient (Wildman–Crippen LogP) is 2.15. The Morgan fingerprint density at radius 3 is 2.56 bits per heavy atom. The molecule has 0 aliphatic heterocycles. The molecule has 6 heteroatoms. The zero-order valence-corrected chi connectivity index (χ0v) is 8.34. The molecular weight excluding hydrogens is 210 g/mol. The molecule has 16 heavy (non-hydrogen) atoms. The summed E-state index contributed by atoms with van der Waals surface area (Å²) in [5.41, 5.74) is 7.55. The average Bonchev–Trinajstić information content (AvgIpc) is 2.26. The number of carboxylic acid groups (broad SMARTS) is 1. The quantitative estimate of drug-likeness (QED) is 0.451. The van der Waals surface area contributed by atoms with Crippen LogP contribution in [0.2, 0.25) is 0 Å². The molecule has 0 amide bonds. The van der Waals surface area contributed by atoms with Crippen LogP contribution in [0.25, 0.3) is 0 Å². The third kappa shape index (κ3) is 3.79. The Balaban J connectivity index is 2.66. The van der Waals surface area contributed by atoms with Crippen LogP contribution in [0.15, 0.2) is 41.3 Å². The van der Waals surface area contributed by atoms with Crippen LogP contribution in [0, 0.1) is 5.53 Å². The van der Waals surface area contributed by atoms with Gasteiger partial charge in [0.25, 0.3) is 0 Å². The number of phenolic OH excluding ortho intramolecular Hbond substituents is 1. The number of hydrogen-bond donors (Lipinski definition) is 4. The molecule has 0 bridgehead atoms. The zero-order chi connectivity index (χ0) is 12.0. The normalized spacial score (nSPS) is 10.9. The van der Waals surface area contributed by atoms with Gasteiger partial charge in [0.15, 0.2) is 0 Å². The highest BCUT2D eigenvalue weighted by atomic mass is 16.4. The summed E-state index contributed by atoms with van der Waals surface area (Å²) in [7, 11) is 0. The molecule has 1 aromatic carbocycles. The summed E-state index contributed by atoms with van der Waals surface area (Å²) in [6.45, 7) is 0. The minimum absolute atomic E-state index is 0.112. The zero-order valence-electron chi connectivity index (χ0n) is 8.34. The number of aromatic hydroxyl groups is 1. The van der Waals surface area contributed by atoms with Gasteiger partial charge in [-0.2, -0.15) is 5.11 Å². The van der Waals surface area contributed by atoms with Gasteiger partial charge < -0.3 is 15.5 Å². The first-order valence-corrected chi connectivity index (χ1v) is 4.45. The van der Waals surface area contributed by atoms with E-state index in [-0.39, 0.29) is 17.9 Å². The molecule has 84 valence electrons. The molecule has 0 saturated carbocycles. The first kappa shape index (κ1) is 11.7. The van der Waals surface area contributed by atoms with E-state index in [4.69, 9.17) is 15.7 Å². The highest BCUT2D eigenvalue weighted by Gasteiger charge is 2.02. The van der Waals surface area contributed by atoms with E-state index in [2.05, 4.69) is 10.4 Å². The van der Waals surface area contributed by atoms with Gasteiger partial charge in [0.2, 0.25) is 0 Å². The molecular formula is C10H11N3O3. The number of phenols is 1. The summed E-state index contributed by atoms with van der Waals surface area (Å²) in [5.74, 6) is -0.903. The first-order valence-electron chi connectivity index (χ1n) is 4.45. The van der Waals surface area contributed by atoms with E-state index in [1.165, 1.54) is 18.3 Å². The fourth-order valence-electron chi connectivity index (χ4n) is 1.00. The first-order chi connectivity index (χ1) is 7.61. The topological polar surface area (TPSA) is 106 Å². The maximum Gasteiger partial charge on any atom is 0.309 e. The molecule has 0 radical (unpaired) electrons. The van der Waals surface area contributed by atoms with Gasteiger partial charge in [-0.05, 0) is 24.3 Å². The van der Waals surface area contributed by atoms with Crippen molar-refractivity contribution in [2.24, 2.45) is 5.11 Å². The summed E-state index contributed by atoms with van der Waals surface area (Å²) < 4.78 is 0. The van der Waals surface area contributed by atoms with Crippen molar-refractivity contribution in [3.63, 3.8) is 0 Å². The highest BCUT2D eigenvalue weighted by Crippen LogP contribution is 2.14. The van der Waals surface area contributed by atoms with E-state index >= 15 is 0 Å². The molecule has 0 saturated heterocycles. The Hall–Kier alpha value is -2.37. The van der Waals surface area contributed by atoms with Crippen LogP contribution in [-0.4, -0.2) is 16.2 Å². The van der Waals surface area contributed by atoms with E-state index in [1.54, 1.807) is 12.1 Å². The van der Waals surface area contributed by atoms with E-state index in [0.29, 0.717) is 5.69 Å². The number of carbonyl (C=O) groups is 1. The van der Waals surface area contributed by atoms with Crippen molar-refractivity contribution in [3.05, 3.63) is 36.2 Å². The fraction of sp³-hybridized carbons (Fsp3) is 0.100.